The van der Waals surface area contributed by atoms with Crippen LogP contribution in [0.3, 0.4) is 0 Å². The molecule has 0 aliphatic carbocycles. The van der Waals surface area contributed by atoms with E-state index in [4.69, 9.17) is 5.73 Å². The summed E-state index contributed by atoms with van der Waals surface area (Å²) in [5.74, 6) is -0.478. The van der Waals surface area contributed by atoms with Crippen molar-refractivity contribution in [3.63, 3.8) is 0 Å². The second-order valence-electron chi connectivity index (χ2n) is 8.03. The molecule has 6 heteroatoms. The van der Waals surface area contributed by atoms with E-state index in [1.165, 1.54) is 29.8 Å². The molecule has 0 atom stereocenters. The van der Waals surface area contributed by atoms with Crippen LogP contribution in [0, 0.1) is 5.82 Å². The summed E-state index contributed by atoms with van der Waals surface area (Å²) in [5.41, 5.74) is 9.49. The lowest BCUT2D eigenvalue weighted by Crippen LogP contribution is -2.47. The summed E-state index contributed by atoms with van der Waals surface area (Å²) in [5, 5.41) is 18.6. The number of carbonyl (C=O) groups excluding carboxylic acids is 1. The number of benzene rings is 3. The molecule has 0 aromatic heterocycles. The Morgan fingerprint density at radius 1 is 0.719 bits per heavy atom. The maximum atomic E-state index is 13.0. The quantitative estimate of drug-likeness (QED) is 0.403. The van der Waals surface area contributed by atoms with Crippen LogP contribution in [0.2, 0.25) is 0 Å². The Hall–Kier alpha value is -2.57. The zero-order valence-electron chi connectivity index (χ0n) is 17.8. The standard InChI is InChI=1S/C26H28FNO3.ClH/c27-24-13-11-23(12-14-24)25(31)22-9-7-20(8-10-22)2-1-19-3-5-21(6-4-19)15-16-26(28,17-29)18-30;/h3-14,29-30H,1-2,15-18,28H2;1H. The molecule has 4 nitrogen and oxygen atoms in total. The topological polar surface area (TPSA) is 83.6 Å². The molecule has 0 unspecified atom stereocenters. The SMILES string of the molecule is Cl.NC(CO)(CO)CCc1ccc(CCc2ccc(C(=O)c3ccc(F)cc3)cc2)cc1. The number of aliphatic hydroxyl groups is 2. The number of hydrogen-bond acceptors (Lipinski definition) is 4. The molecule has 32 heavy (non-hydrogen) atoms. The number of aliphatic hydroxyl groups excluding tert-OH is 2. The Labute approximate surface area is 194 Å². The summed E-state index contributed by atoms with van der Waals surface area (Å²) in [6.07, 6.45) is 2.94. The van der Waals surface area contributed by atoms with Gasteiger partial charge in [0.1, 0.15) is 5.82 Å². The lowest BCUT2D eigenvalue weighted by Gasteiger charge is -2.24. The summed E-state index contributed by atoms with van der Waals surface area (Å²) in [7, 11) is 0. The van der Waals surface area contributed by atoms with Crippen molar-refractivity contribution in [2.24, 2.45) is 5.73 Å². The van der Waals surface area contributed by atoms with E-state index in [-0.39, 0.29) is 37.2 Å². The van der Waals surface area contributed by atoms with Gasteiger partial charge in [0.25, 0.3) is 0 Å². The van der Waals surface area contributed by atoms with E-state index in [1.807, 2.05) is 24.3 Å². The smallest absolute Gasteiger partial charge is 0.193 e. The van der Waals surface area contributed by atoms with Crippen LogP contribution >= 0.6 is 12.4 Å². The second kappa shape index (κ2) is 11.9. The van der Waals surface area contributed by atoms with Crippen LogP contribution in [0.25, 0.3) is 0 Å². The lowest BCUT2D eigenvalue weighted by molar-refractivity contribution is 0.103. The maximum absolute atomic E-state index is 13.0. The van der Waals surface area contributed by atoms with Gasteiger partial charge in [-0.05, 0) is 66.6 Å². The first-order valence-corrected chi connectivity index (χ1v) is 10.4. The highest BCUT2D eigenvalue weighted by Gasteiger charge is 2.22. The summed E-state index contributed by atoms with van der Waals surface area (Å²) in [4.78, 5) is 12.5. The van der Waals surface area contributed by atoms with Gasteiger partial charge in [0.2, 0.25) is 0 Å². The summed E-state index contributed by atoms with van der Waals surface area (Å²) < 4.78 is 13.0. The van der Waals surface area contributed by atoms with Gasteiger partial charge in [0.15, 0.2) is 5.78 Å². The Bertz CT molecular complexity index is 985. The molecule has 0 saturated carbocycles. The summed E-state index contributed by atoms with van der Waals surface area (Å²) in [6, 6.07) is 21.4. The van der Waals surface area contributed by atoms with Crippen molar-refractivity contribution in [2.75, 3.05) is 13.2 Å². The molecule has 0 saturated heterocycles. The third-order valence-electron chi connectivity index (χ3n) is 5.59. The van der Waals surface area contributed by atoms with Crippen LogP contribution in [0.5, 0.6) is 0 Å². The molecule has 0 amide bonds. The molecule has 0 heterocycles. The van der Waals surface area contributed by atoms with Gasteiger partial charge in [0.05, 0.1) is 18.8 Å². The zero-order chi connectivity index (χ0) is 22.3. The van der Waals surface area contributed by atoms with E-state index in [0.717, 1.165) is 24.0 Å². The first-order chi connectivity index (χ1) is 14.9. The molecule has 0 aliphatic rings. The predicted octanol–water partition coefficient (Wildman–Crippen LogP) is 3.88. The number of aryl methyl sites for hydroxylation is 3. The molecular weight excluding hydrogens is 429 g/mol. The van der Waals surface area contributed by atoms with E-state index in [2.05, 4.69) is 24.3 Å². The van der Waals surface area contributed by atoms with Crippen molar-refractivity contribution < 1.29 is 19.4 Å². The van der Waals surface area contributed by atoms with Gasteiger partial charge in [-0.15, -0.1) is 12.4 Å². The van der Waals surface area contributed by atoms with Gasteiger partial charge < -0.3 is 15.9 Å². The van der Waals surface area contributed by atoms with Crippen LogP contribution in [0.15, 0.2) is 72.8 Å². The molecule has 0 aliphatic heterocycles. The van der Waals surface area contributed by atoms with Gasteiger partial charge in [-0.2, -0.15) is 0 Å². The molecule has 3 aromatic carbocycles. The summed E-state index contributed by atoms with van der Waals surface area (Å²) >= 11 is 0. The van der Waals surface area contributed by atoms with Gasteiger partial charge in [-0.3, -0.25) is 4.79 Å². The van der Waals surface area contributed by atoms with Crippen LogP contribution in [0.1, 0.15) is 39.0 Å². The monoisotopic (exact) mass is 457 g/mol. The van der Waals surface area contributed by atoms with Crippen LogP contribution in [-0.2, 0) is 19.3 Å². The molecule has 0 fully saturated rings. The van der Waals surface area contributed by atoms with Crippen LogP contribution < -0.4 is 5.73 Å². The molecule has 170 valence electrons. The number of nitrogens with two attached hydrogens (primary N) is 1. The molecular formula is C26H29ClFNO3. The zero-order valence-corrected chi connectivity index (χ0v) is 18.7. The lowest BCUT2D eigenvalue weighted by atomic mass is 9.93. The Morgan fingerprint density at radius 3 is 1.53 bits per heavy atom. The fourth-order valence-electron chi connectivity index (χ4n) is 3.35. The predicted molar refractivity (Wildman–Crippen MR) is 127 cm³/mol. The summed E-state index contributed by atoms with van der Waals surface area (Å²) in [6.45, 7) is -0.480. The highest BCUT2D eigenvalue weighted by Crippen LogP contribution is 2.16. The Balaban J connectivity index is 0.00000363. The number of ketones is 1. The minimum atomic E-state index is -0.942. The third kappa shape index (κ3) is 6.97. The number of rotatable bonds is 10. The average molecular weight is 458 g/mol. The first kappa shape index (κ1) is 25.7. The van der Waals surface area contributed by atoms with E-state index in [1.54, 1.807) is 0 Å². The normalized spacial score (nSPS) is 11.1. The molecule has 0 bridgehead atoms. The van der Waals surface area contributed by atoms with Crippen molar-refractivity contribution >= 4 is 18.2 Å². The van der Waals surface area contributed by atoms with E-state index in [0.29, 0.717) is 24.0 Å². The van der Waals surface area contributed by atoms with Crippen molar-refractivity contribution in [1.82, 2.24) is 0 Å². The molecule has 0 spiro atoms. The molecule has 4 N–H and O–H groups in total. The number of hydrogen-bond donors (Lipinski definition) is 3. The molecule has 0 radical (unpaired) electrons. The van der Waals surface area contributed by atoms with Gasteiger partial charge in [-0.1, -0.05) is 48.5 Å². The van der Waals surface area contributed by atoms with Crippen LogP contribution in [0.4, 0.5) is 4.39 Å². The van der Waals surface area contributed by atoms with Crippen LogP contribution in [-0.4, -0.2) is 34.7 Å². The average Bonchev–Trinajstić information content (AvgIpc) is 2.82. The second-order valence-corrected chi connectivity index (χ2v) is 8.03. The fourth-order valence-corrected chi connectivity index (χ4v) is 3.35. The third-order valence-corrected chi connectivity index (χ3v) is 5.59. The molecule has 3 aromatic rings. The minimum Gasteiger partial charge on any atom is -0.394 e. The van der Waals surface area contributed by atoms with Crippen molar-refractivity contribution in [1.29, 1.82) is 0 Å². The largest absolute Gasteiger partial charge is 0.394 e. The fraction of sp³-hybridized carbons (Fsp3) is 0.269. The molecule has 3 rings (SSSR count). The van der Waals surface area contributed by atoms with Crippen molar-refractivity contribution in [3.05, 3.63) is 106 Å². The highest BCUT2D eigenvalue weighted by molar-refractivity contribution is 6.08. The van der Waals surface area contributed by atoms with E-state index < -0.39 is 5.54 Å². The van der Waals surface area contributed by atoms with Gasteiger partial charge in [0, 0.05) is 11.1 Å². The number of halogens is 2. The van der Waals surface area contributed by atoms with Gasteiger partial charge >= 0.3 is 0 Å². The minimum absolute atomic E-state index is 0. The highest BCUT2D eigenvalue weighted by atomic mass is 35.5. The van der Waals surface area contributed by atoms with Crippen molar-refractivity contribution in [3.8, 4) is 0 Å². The Morgan fingerprint density at radius 2 is 1.09 bits per heavy atom. The number of carbonyl (C=O) groups is 1. The Kier molecular flexibility index (Phi) is 9.54. The maximum Gasteiger partial charge on any atom is 0.193 e. The first-order valence-electron chi connectivity index (χ1n) is 10.4. The van der Waals surface area contributed by atoms with E-state index >= 15 is 0 Å². The van der Waals surface area contributed by atoms with Crippen molar-refractivity contribution in [2.45, 2.75) is 31.2 Å². The van der Waals surface area contributed by atoms with E-state index in [9.17, 15) is 19.4 Å². The van der Waals surface area contributed by atoms with Gasteiger partial charge in [-0.25, -0.2) is 4.39 Å².